The fourth-order valence-corrected chi connectivity index (χ4v) is 2.32. The zero-order chi connectivity index (χ0) is 13.9. The minimum atomic E-state index is 0.549. The van der Waals surface area contributed by atoms with Gasteiger partial charge in [-0.2, -0.15) is 0 Å². The molecule has 0 N–H and O–H groups in total. The van der Waals surface area contributed by atoms with Gasteiger partial charge in [0.05, 0.1) is 0 Å². The van der Waals surface area contributed by atoms with E-state index in [0.717, 1.165) is 0 Å². The molecular formula is C18H27. The van der Waals surface area contributed by atoms with E-state index in [-0.39, 0.29) is 0 Å². The first kappa shape index (κ1) is 15.0. The van der Waals surface area contributed by atoms with E-state index in [2.05, 4.69) is 66.7 Å². The monoisotopic (exact) mass is 243 g/mol. The normalized spacial score (nSPS) is 12.3. The lowest BCUT2D eigenvalue weighted by Crippen LogP contribution is -2.03. The summed E-state index contributed by atoms with van der Waals surface area (Å²) in [6.07, 6.45) is 4.07. The summed E-state index contributed by atoms with van der Waals surface area (Å²) >= 11 is 0. The lowest BCUT2D eigenvalue weighted by molar-refractivity contribution is 0.801. The highest BCUT2D eigenvalue weighted by molar-refractivity contribution is 5.61. The third-order valence-corrected chi connectivity index (χ3v) is 3.46. The largest absolute Gasteiger partial charge is 0.0836 e. The second-order valence-corrected chi connectivity index (χ2v) is 5.98. The maximum atomic E-state index is 3.86. The summed E-state index contributed by atoms with van der Waals surface area (Å²) in [6.45, 7) is 17.5. The molecule has 0 saturated heterocycles. The molecule has 99 valence electrons. The van der Waals surface area contributed by atoms with Gasteiger partial charge in [-0.1, -0.05) is 65.8 Å². The van der Waals surface area contributed by atoms with Crippen LogP contribution in [0.25, 0.3) is 6.08 Å². The molecule has 1 radical (unpaired) electrons. The standard InChI is InChI=1S/C18H27/c1-8-9-16-17(13(4)5)10-15(12(2)3)11-18(16)14(6)7/h8-14H,1H2,2-7H3. The topological polar surface area (TPSA) is 0 Å². The van der Waals surface area contributed by atoms with E-state index in [1.807, 2.05) is 6.08 Å². The first-order valence-electron chi connectivity index (χ1n) is 7.02. The lowest BCUT2D eigenvalue weighted by atomic mass is 9.84. The number of hydrogen-bond donors (Lipinski definition) is 0. The molecule has 1 aromatic carbocycles. The van der Waals surface area contributed by atoms with Gasteiger partial charge in [0.25, 0.3) is 0 Å². The van der Waals surface area contributed by atoms with Crippen molar-refractivity contribution in [1.82, 2.24) is 0 Å². The van der Waals surface area contributed by atoms with E-state index < -0.39 is 0 Å². The Kier molecular flexibility index (Phi) is 5.19. The highest BCUT2D eigenvalue weighted by atomic mass is 14.2. The van der Waals surface area contributed by atoms with Crippen LogP contribution >= 0.6 is 0 Å². The van der Waals surface area contributed by atoms with E-state index in [4.69, 9.17) is 0 Å². The molecule has 0 nitrogen and oxygen atoms in total. The first-order chi connectivity index (χ1) is 8.38. The van der Waals surface area contributed by atoms with Gasteiger partial charge in [0.15, 0.2) is 0 Å². The van der Waals surface area contributed by atoms with Crippen LogP contribution in [-0.2, 0) is 0 Å². The molecule has 0 heteroatoms. The van der Waals surface area contributed by atoms with Gasteiger partial charge in [-0.25, -0.2) is 0 Å². The van der Waals surface area contributed by atoms with Crippen LogP contribution in [0.4, 0.5) is 0 Å². The van der Waals surface area contributed by atoms with Gasteiger partial charge in [0.2, 0.25) is 0 Å². The first-order valence-corrected chi connectivity index (χ1v) is 7.02. The van der Waals surface area contributed by atoms with Gasteiger partial charge in [-0.05, 0) is 46.9 Å². The quantitative estimate of drug-likeness (QED) is 0.617. The van der Waals surface area contributed by atoms with Crippen LogP contribution in [0, 0.1) is 6.92 Å². The molecule has 0 saturated carbocycles. The smallest absolute Gasteiger partial charge is 0.0190 e. The summed E-state index contributed by atoms with van der Waals surface area (Å²) < 4.78 is 0. The molecule has 0 unspecified atom stereocenters. The molecule has 18 heavy (non-hydrogen) atoms. The van der Waals surface area contributed by atoms with Gasteiger partial charge in [-0.3, -0.25) is 0 Å². The van der Waals surface area contributed by atoms with Crippen molar-refractivity contribution in [2.45, 2.75) is 59.3 Å². The van der Waals surface area contributed by atoms with Gasteiger partial charge >= 0.3 is 0 Å². The Balaban J connectivity index is 3.54. The molecule has 0 spiro atoms. The Hall–Kier alpha value is -1.04. The molecule has 0 aliphatic heterocycles. The molecule has 0 atom stereocenters. The van der Waals surface area contributed by atoms with E-state index >= 15 is 0 Å². The van der Waals surface area contributed by atoms with Gasteiger partial charge in [-0.15, -0.1) is 0 Å². The second kappa shape index (κ2) is 6.22. The molecule has 0 aliphatic rings. The highest BCUT2D eigenvalue weighted by Crippen LogP contribution is 2.32. The van der Waals surface area contributed by atoms with Gasteiger partial charge in [0, 0.05) is 0 Å². The SMILES string of the molecule is [CH2]C=Cc1c(C(C)C)cc(C(C)C)cc1C(C)C. The molecule has 1 aromatic rings. The van der Waals surface area contributed by atoms with Crippen LogP contribution in [0.2, 0.25) is 0 Å². The summed E-state index contributed by atoms with van der Waals surface area (Å²) in [7, 11) is 0. The Morgan fingerprint density at radius 3 is 1.56 bits per heavy atom. The van der Waals surface area contributed by atoms with Crippen molar-refractivity contribution in [3.8, 4) is 0 Å². The number of benzene rings is 1. The molecule has 1 rings (SSSR count). The Morgan fingerprint density at radius 2 is 1.28 bits per heavy atom. The predicted octanol–water partition coefficient (Wildman–Crippen LogP) is 5.90. The molecular weight excluding hydrogens is 216 g/mol. The average molecular weight is 243 g/mol. The van der Waals surface area contributed by atoms with Crippen LogP contribution < -0.4 is 0 Å². The van der Waals surface area contributed by atoms with Crippen LogP contribution in [0.5, 0.6) is 0 Å². The fourth-order valence-electron chi connectivity index (χ4n) is 2.32. The Labute approximate surface area is 113 Å². The zero-order valence-electron chi connectivity index (χ0n) is 12.7. The van der Waals surface area contributed by atoms with E-state index in [0.29, 0.717) is 17.8 Å². The molecule has 0 aliphatic carbocycles. The van der Waals surface area contributed by atoms with Gasteiger partial charge in [0.1, 0.15) is 0 Å². The summed E-state index contributed by atoms with van der Waals surface area (Å²) in [6, 6.07) is 4.74. The number of hydrogen-bond acceptors (Lipinski definition) is 0. The van der Waals surface area contributed by atoms with Crippen molar-refractivity contribution in [3.63, 3.8) is 0 Å². The van der Waals surface area contributed by atoms with Crippen LogP contribution in [0.1, 0.15) is 81.5 Å². The van der Waals surface area contributed by atoms with Gasteiger partial charge < -0.3 is 0 Å². The maximum Gasteiger partial charge on any atom is -0.0190 e. The predicted molar refractivity (Wildman–Crippen MR) is 83.1 cm³/mol. The molecule has 0 aromatic heterocycles. The lowest BCUT2D eigenvalue weighted by Gasteiger charge is -2.21. The third kappa shape index (κ3) is 3.25. The molecule has 0 bridgehead atoms. The van der Waals surface area contributed by atoms with E-state index in [1.54, 1.807) is 0 Å². The van der Waals surface area contributed by atoms with Crippen molar-refractivity contribution < 1.29 is 0 Å². The maximum absolute atomic E-state index is 3.86. The van der Waals surface area contributed by atoms with Crippen molar-refractivity contribution in [2.24, 2.45) is 0 Å². The second-order valence-electron chi connectivity index (χ2n) is 5.98. The number of rotatable bonds is 4. The average Bonchev–Trinajstić information content (AvgIpc) is 2.28. The zero-order valence-corrected chi connectivity index (χ0v) is 12.7. The minimum absolute atomic E-state index is 0.549. The van der Waals surface area contributed by atoms with Crippen molar-refractivity contribution in [2.75, 3.05) is 0 Å². The fraction of sp³-hybridized carbons (Fsp3) is 0.500. The highest BCUT2D eigenvalue weighted by Gasteiger charge is 2.14. The summed E-state index contributed by atoms with van der Waals surface area (Å²) in [5.41, 5.74) is 5.72. The minimum Gasteiger partial charge on any atom is -0.0836 e. The third-order valence-electron chi connectivity index (χ3n) is 3.46. The molecule has 0 amide bonds. The summed E-state index contributed by atoms with van der Waals surface area (Å²) in [4.78, 5) is 0. The summed E-state index contributed by atoms with van der Waals surface area (Å²) in [5.74, 6) is 1.68. The van der Waals surface area contributed by atoms with E-state index in [9.17, 15) is 0 Å². The molecule has 0 heterocycles. The van der Waals surface area contributed by atoms with Crippen LogP contribution in [0.15, 0.2) is 18.2 Å². The van der Waals surface area contributed by atoms with Crippen molar-refractivity contribution >= 4 is 6.08 Å². The van der Waals surface area contributed by atoms with E-state index in [1.165, 1.54) is 22.3 Å². The van der Waals surface area contributed by atoms with Crippen LogP contribution in [0.3, 0.4) is 0 Å². The van der Waals surface area contributed by atoms with Crippen molar-refractivity contribution in [1.29, 1.82) is 0 Å². The van der Waals surface area contributed by atoms with Crippen molar-refractivity contribution in [3.05, 3.63) is 47.4 Å². The number of allylic oxidation sites excluding steroid dienone is 1. The Bertz CT molecular complexity index is 391. The Morgan fingerprint density at radius 1 is 0.833 bits per heavy atom. The molecule has 0 fully saturated rings. The van der Waals surface area contributed by atoms with Crippen LogP contribution in [-0.4, -0.2) is 0 Å². The summed E-state index contributed by atoms with van der Waals surface area (Å²) in [5, 5.41) is 0.